The van der Waals surface area contributed by atoms with Crippen molar-refractivity contribution in [1.82, 2.24) is 0 Å². The second kappa shape index (κ2) is 31.8. The van der Waals surface area contributed by atoms with Gasteiger partial charge in [0.25, 0.3) is 0 Å². The average molecular weight is 643 g/mol. The molecule has 0 aromatic heterocycles. The third-order valence-electron chi connectivity index (χ3n) is 6.77. The number of carbonyl (C=O) groups is 2. The van der Waals surface area contributed by atoms with E-state index in [-0.39, 0.29) is 18.9 Å². The quantitative estimate of drug-likeness (QED) is 0.0905. The normalized spacial score (nSPS) is 12.0. The predicted octanol–water partition coefficient (Wildman–Crippen LogP) is 5.52. The minimum Gasteiger partial charge on any atom is -0.481 e. The van der Waals surface area contributed by atoms with E-state index in [1.54, 1.807) is 0 Å². The van der Waals surface area contributed by atoms with Gasteiger partial charge in [0, 0.05) is 26.1 Å². The topological polar surface area (TPSA) is 139 Å². The molecule has 0 spiro atoms. The molecule has 0 aliphatic heterocycles. The molecule has 260 valence electrons. The zero-order valence-corrected chi connectivity index (χ0v) is 27.2. The van der Waals surface area contributed by atoms with Gasteiger partial charge in [-0.05, 0) is 31.2 Å². The van der Waals surface area contributed by atoms with E-state index in [4.69, 9.17) is 43.4 Å². The molecule has 11 nitrogen and oxygen atoms in total. The van der Waals surface area contributed by atoms with E-state index in [0.717, 1.165) is 63.4 Å². The number of hydrogen-bond donors (Lipinski definition) is 2. The van der Waals surface area contributed by atoms with Crippen molar-refractivity contribution in [2.75, 3.05) is 79.3 Å². The van der Waals surface area contributed by atoms with Crippen LogP contribution in [0.15, 0.2) is 30.3 Å². The summed E-state index contributed by atoms with van der Waals surface area (Å²) in [6, 6.07) is 10.0. The van der Waals surface area contributed by atoms with Crippen molar-refractivity contribution in [3.63, 3.8) is 0 Å². The van der Waals surface area contributed by atoms with Gasteiger partial charge in [-0.25, -0.2) is 0 Å². The molecule has 45 heavy (non-hydrogen) atoms. The lowest BCUT2D eigenvalue weighted by Crippen LogP contribution is -2.27. The lowest BCUT2D eigenvalue weighted by molar-refractivity contribution is -0.138. The summed E-state index contributed by atoms with van der Waals surface area (Å²) in [6.45, 7) is 6.68. The molecule has 0 radical (unpaired) electrons. The minimum atomic E-state index is -0.740. The van der Waals surface area contributed by atoms with E-state index in [1.807, 2.05) is 30.3 Å². The number of aliphatic carboxylic acids is 2. The highest BCUT2D eigenvalue weighted by Crippen LogP contribution is 2.08. The van der Waals surface area contributed by atoms with Crippen LogP contribution in [-0.2, 0) is 49.4 Å². The zero-order valence-electron chi connectivity index (χ0n) is 27.2. The molecule has 1 rings (SSSR count). The molecule has 1 unspecified atom stereocenters. The monoisotopic (exact) mass is 642 g/mol. The smallest absolute Gasteiger partial charge is 0.303 e. The number of carboxylic acid groups (broad SMARTS) is 2. The third-order valence-corrected chi connectivity index (χ3v) is 6.77. The van der Waals surface area contributed by atoms with E-state index >= 15 is 0 Å². The first-order valence-electron chi connectivity index (χ1n) is 16.6. The molecule has 0 saturated heterocycles. The van der Waals surface area contributed by atoms with Crippen molar-refractivity contribution < 1.29 is 53.0 Å². The highest BCUT2D eigenvalue weighted by molar-refractivity contribution is 5.66. The number of benzene rings is 1. The van der Waals surface area contributed by atoms with Gasteiger partial charge in [0.1, 0.15) is 6.10 Å². The molecule has 0 fully saturated rings. The van der Waals surface area contributed by atoms with Crippen LogP contribution in [0.25, 0.3) is 0 Å². The lowest BCUT2D eigenvalue weighted by Gasteiger charge is -2.18. The van der Waals surface area contributed by atoms with Crippen LogP contribution in [0.3, 0.4) is 0 Å². The molecule has 0 aliphatic carbocycles. The van der Waals surface area contributed by atoms with Crippen LogP contribution < -0.4 is 0 Å². The first kappa shape index (κ1) is 40.9. The molecule has 0 heterocycles. The Morgan fingerprint density at radius 2 is 0.911 bits per heavy atom. The SMILES string of the molecule is O=C(O)CCCCCCCOCC(COCCOCCOCCOCCOCc1ccccc1)OCCCCCCCC(=O)O. The van der Waals surface area contributed by atoms with Crippen LogP contribution in [0.2, 0.25) is 0 Å². The second-order valence-corrected chi connectivity index (χ2v) is 10.8. The average Bonchev–Trinajstić information content (AvgIpc) is 3.03. The fourth-order valence-electron chi connectivity index (χ4n) is 4.29. The summed E-state index contributed by atoms with van der Waals surface area (Å²) in [5, 5.41) is 17.4. The second-order valence-electron chi connectivity index (χ2n) is 10.8. The molecule has 1 atom stereocenters. The Labute approximate surface area is 269 Å². The Bertz CT molecular complexity index is 794. The first-order chi connectivity index (χ1) is 22.1. The summed E-state index contributed by atoms with van der Waals surface area (Å²) in [6.07, 6.45) is 9.46. The van der Waals surface area contributed by atoms with Crippen LogP contribution in [0.1, 0.15) is 82.6 Å². The van der Waals surface area contributed by atoms with Crippen LogP contribution in [-0.4, -0.2) is 108 Å². The van der Waals surface area contributed by atoms with Gasteiger partial charge in [0.2, 0.25) is 0 Å². The summed E-state index contributed by atoms with van der Waals surface area (Å²) in [5.74, 6) is -1.48. The van der Waals surface area contributed by atoms with E-state index in [0.29, 0.717) is 92.3 Å². The molecule has 0 bridgehead atoms. The van der Waals surface area contributed by atoms with Gasteiger partial charge in [-0.15, -0.1) is 0 Å². The number of carboxylic acids is 2. The van der Waals surface area contributed by atoms with Crippen LogP contribution in [0.5, 0.6) is 0 Å². The van der Waals surface area contributed by atoms with Crippen molar-refractivity contribution >= 4 is 11.9 Å². The Morgan fingerprint density at radius 3 is 1.44 bits per heavy atom. The fraction of sp³-hybridized carbons (Fsp3) is 0.765. The molecule has 0 amide bonds. The Morgan fingerprint density at radius 1 is 0.489 bits per heavy atom. The van der Waals surface area contributed by atoms with Gasteiger partial charge in [-0.1, -0.05) is 68.9 Å². The summed E-state index contributed by atoms with van der Waals surface area (Å²) in [5.41, 5.74) is 1.15. The van der Waals surface area contributed by atoms with Gasteiger partial charge >= 0.3 is 11.9 Å². The standard InChI is InChI=1S/C34H58O11/c35-33(36)16-10-3-1-5-12-18-42-29-32(45-19-13-6-2-4-11-17-34(37)38)30-44-27-25-41-23-21-39-20-22-40-24-26-43-28-31-14-8-7-9-15-31/h7-9,14-15,32H,1-6,10-13,16-30H2,(H,35,36)(H,37,38). The van der Waals surface area contributed by atoms with Crippen molar-refractivity contribution in [2.24, 2.45) is 0 Å². The highest BCUT2D eigenvalue weighted by atomic mass is 16.6. The van der Waals surface area contributed by atoms with E-state index in [2.05, 4.69) is 0 Å². The molecule has 0 saturated carbocycles. The van der Waals surface area contributed by atoms with Crippen molar-refractivity contribution in [2.45, 2.75) is 89.8 Å². The summed E-state index contributed by atoms with van der Waals surface area (Å²) < 4.78 is 39.9. The Hall–Kier alpha value is -2.12. The van der Waals surface area contributed by atoms with Gasteiger partial charge < -0.3 is 43.4 Å². The number of rotatable bonds is 35. The van der Waals surface area contributed by atoms with E-state index in [9.17, 15) is 9.59 Å². The first-order valence-corrected chi connectivity index (χ1v) is 16.6. The number of unbranched alkanes of at least 4 members (excludes halogenated alkanes) is 8. The largest absolute Gasteiger partial charge is 0.481 e. The van der Waals surface area contributed by atoms with Gasteiger partial charge in [0.05, 0.1) is 72.7 Å². The molecule has 0 aliphatic rings. The summed E-state index contributed by atoms with van der Waals surface area (Å²) in [4.78, 5) is 21.2. The molecule has 1 aromatic rings. The summed E-state index contributed by atoms with van der Waals surface area (Å²) in [7, 11) is 0. The van der Waals surface area contributed by atoms with Crippen molar-refractivity contribution in [1.29, 1.82) is 0 Å². The molecular formula is C34H58O11. The van der Waals surface area contributed by atoms with E-state index < -0.39 is 11.9 Å². The third kappa shape index (κ3) is 30.3. The van der Waals surface area contributed by atoms with Crippen LogP contribution in [0, 0.1) is 0 Å². The molecule has 11 heteroatoms. The van der Waals surface area contributed by atoms with Gasteiger partial charge in [-0.2, -0.15) is 0 Å². The van der Waals surface area contributed by atoms with Gasteiger partial charge in [0.15, 0.2) is 0 Å². The molecular weight excluding hydrogens is 584 g/mol. The van der Waals surface area contributed by atoms with Crippen LogP contribution >= 0.6 is 0 Å². The lowest BCUT2D eigenvalue weighted by atomic mass is 10.1. The maximum atomic E-state index is 10.6. The summed E-state index contributed by atoms with van der Waals surface area (Å²) >= 11 is 0. The van der Waals surface area contributed by atoms with Crippen LogP contribution in [0.4, 0.5) is 0 Å². The zero-order chi connectivity index (χ0) is 32.5. The van der Waals surface area contributed by atoms with Crippen molar-refractivity contribution in [3.05, 3.63) is 35.9 Å². The minimum absolute atomic E-state index is 0.167. The van der Waals surface area contributed by atoms with Crippen molar-refractivity contribution in [3.8, 4) is 0 Å². The maximum Gasteiger partial charge on any atom is 0.303 e. The van der Waals surface area contributed by atoms with Gasteiger partial charge in [-0.3, -0.25) is 9.59 Å². The molecule has 2 N–H and O–H groups in total. The highest BCUT2D eigenvalue weighted by Gasteiger charge is 2.10. The Kier molecular flexibility index (Phi) is 28.9. The Balaban J connectivity index is 2.02. The molecule has 1 aromatic carbocycles. The number of hydrogen-bond acceptors (Lipinski definition) is 9. The predicted molar refractivity (Wildman–Crippen MR) is 171 cm³/mol. The fourth-order valence-corrected chi connectivity index (χ4v) is 4.29. The number of ether oxygens (including phenoxy) is 7. The maximum absolute atomic E-state index is 10.6. The van der Waals surface area contributed by atoms with E-state index in [1.165, 1.54) is 0 Å².